The molecule has 3 aliphatic rings. The van der Waals surface area contributed by atoms with E-state index >= 15 is 0 Å². The van der Waals surface area contributed by atoms with Crippen molar-refractivity contribution in [3.8, 4) is 0 Å². The maximum absolute atomic E-state index is 6.40. The molecule has 106 valence electrons. The topological polar surface area (TPSA) is 91.7 Å². The van der Waals surface area contributed by atoms with Gasteiger partial charge in [-0.05, 0) is 25.3 Å². The zero-order valence-electron chi connectivity index (χ0n) is 11.5. The van der Waals surface area contributed by atoms with Gasteiger partial charge in [0.2, 0.25) is 0 Å². The fraction of sp³-hybridized carbons (Fsp3) is 0.769. The Hall–Kier alpha value is -1.27. The molecule has 0 aromatic carbocycles. The van der Waals surface area contributed by atoms with Crippen molar-refractivity contribution in [2.45, 2.75) is 37.9 Å². The number of nitrogens with one attached hydrogen (secondary N) is 2. The van der Waals surface area contributed by atoms with E-state index in [1.807, 2.05) is 0 Å². The number of nitrogens with two attached hydrogens (primary N) is 2. The van der Waals surface area contributed by atoms with Crippen LogP contribution in [0.4, 0.5) is 0 Å². The number of aliphatic imine (C=N–C) groups is 1. The summed E-state index contributed by atoms with van der Waals surface area (Å²) in [6.45, 7) is 5.10. The van der Waals surface area contributed by atoms with Crippen LogP contribution in [0.15, 0.2) is 16.9 Å². The van der Waals surface area contributed by atoms with Crippen LogP contribution in [0.3, 0.4) is 0 Å². The van der Waals surface area contributed by atoms with Gasteiger partial charge in [0.15, 0.2) is 5.96 Å². The molecular formula is C13H24N6. The predicted molar refractivity (Wildman–Crippen MR) is 76.1 cm³/mol. The molecule has 0 amide bonds. The fourth-order valence-corrected chi connectivity index (χ4v) is 2.90. The maximum Gasteiger partial charge on any atom is 0.196 e. The van der Waals surface area contributed by atoms with Crippen LogP contribution < -0.4 is 22.1 Å². The maximum atomic E-state index is 6.40. The van der Waals surface area contributed by atoms with E-state index in [1.165, 1.54) is 12.8 Å². The molecule has 3 rings (SSSR count). The van der Waals surface area contributed by atoms with Gasteiger partial charge >= 0.3 is 0 Å². The molecule has 0 aromatic rings. The Balaban J connectivity index is 1.76. The number of nitrogens with zero attached hydrogens (tertiary/aromatic N) is 2. The van der Waals surface area contributed by atoms with Crippen molar-refractivity contribution in [2.75, 3.05) is 19.6 Å². The normalized spacial score (nSPS) is 35.5. The third-order valence-electron chi connectivity index (χ3n) is 3.99. The van der Waals surface area contributed by atoms with Gasteiger partial charge in [0.25, 0.3) is 0 Å². The Morgan fingerprint density at radius 1 is 1.53 bits per heavy atom. The highest BCUT2D eigenvalue weighted by Crippen LogP contribution is 2.37. The first-order chi connectivity index (χ1) is 9.04. The van der Waals surface area contributed by atoms with Gasteiger partial charge in [0.1, 0.15) is 11.5 Å². The highest BCUT2D eigenvalue weighted by Gasteiger charge is 2.35. The summed E-state index contributed by atoms with van der Waals surface area (Å²) in [5.41, 5.74) is 11.7. The first-order valence-electron chi connectivity index (χ1n) is 7.16. The molecule has 6 N–H and O–H groups in total. The van der Waals surface area contributed by atoms with Crippen molar-refractivity contribution in [1.82, 2.24) is 15.5 Å². The molecule has 2 fully saturated rings. The molecule has 0 spiro atoms. The van der Waals surface area contributed by atoms with Crippen LogP contribution in [0.25, 0.3) is 0 Å². The molecule has 6 heteroatoms. The second-order valence-electron chi connectivity index (χ2n) is 6.09. The molecule has 0 aromatic heterocycles. The molecule has 2 heterocycles. The van der Waals surface area contributed by atoms with E-state index in [4.69, 9.17) is 11.5 Å². The Morgan fingerprint density at radius 3 is 3.00 bits per heavy atom. The van der Waals surface area contributed by atoms with Gasteiger partial charge < -0.3 is 27.0 Å². The first-order valence-corrected chi connectivity index (χ1v) is 7.16. The molecule has 19 heavy (non-hydrogen) atoms. The van der Waals surface area contributed by atoms with Gasteiger partial charge in [-0.25, -0.2) is 4.99 Å². The molecule has 1 aliphatic carbocycles. The minimum atomic E-state index is -0.625. The van der Waals surface area contributed by atoms with Crippen LogP contribution in [-0.2, 0) is 0 Å². The van der Waals surface area contributed by atoms with Gasteiger partial charge in [-0.1, -0.05) is 12.8 Å². The summed E-state index contributed by atoms with van der Waals surface area (Å²) in [5, 5.41) is 6.60. The molecule has 1 saturated heterocycles. The van der Waals surface area contributed by atoms with Crippen LogP contribution in [-0.4, -0.2) is 42.2 Å². The zero-order chi connectivity index (χ0) is 13.5. The lowest BCUT2D eigenvalue weighted by Crippen LogP contribution is -2.55. The van der Waals surface area contributed by atoms with Gasteiger partial charge in [-0.2, -0.15) is 0 Å². The van der Waals surface area contributed by atoms with E-state index in [2.05, 4.69) is 33.5 Å². The SMILES string of the molecule is C[C@H]1CN(C2=CC(N)(CC3CC3)N=C(N)N2)CCN1. The average molecular weight is 264 g/mol. The van der Waals surface area contributed by atoms with Crippen LogP contribution in [0.5, 0.6) is 0 Å². The number of piperazine rings is 1. The van der Waals surface area contributed by atoms with Crippen LogP contribution in [0, 0.1) is 5.92 Å². The number of guanidine groups is 1. The summed E-state index contributed by atoms with van der Waals surface area (Å²) >= 11 is 0. The summed E-state index contributed by atoms with van der Waals surface area (Å²) in [6, 6.07) is 0.479. The second-order valence-corrected chi connectivity index (χ2v) is 6.09. The summed E-state index contributed by atoms with van der Waals surface area (Å²) in [4.78, 5) is 6.70. The van der Waals surface area contributed by atoms with Gasteiger partial charge in [-0.3, -0.25) is 0 Å². The molecule has 0 bridgehead atoms. The van der Waals surface area contributed by atoms with Gasteiger partial charge in [0.05, 0.1) is 0 Å². The number of hydrogen-bond acceptors (Lipinski definition) is 6. The van der Waals surface area contributed by atoms with E-state index in [0.717, 1.165) is 37.8 Å². The van der Waals surface area contributed by atoms with E-state index in [1.54, 1.807) is 0 Å². The van der Waals surface area contributed by atoms with Crippen molar-refractivity contribution in [3.05, 3.63) is 11.9 Å². The molecule has 6 nitrogen and oxygen atoms in total. The minimum Gasteiger partial charge on any atom is -0.370 e. The van der Waals surface area contributed by atoms with E-state index in [0.29, 0.717) is 12.0 Å². The molecule has 2 atom stereocenters. The highest BCUT2D eigenvalue weighted by atomic mass is 15.3. The van der Waals surface area contributed by atoms with Crippen molar-refractivity contribution in [3.63, 3.8) is 0 Å². The Kier molecular flexibility index (Phi) is 3.14. The minimum absolute atomic E-state index is 0.437. The Labute approximate surface area is 114 Å². The van der Waals surface area contributed by atoms with Crippen molar-refractivity contribution in [2.24, 2.45) is 22.4 Å². The van der Waals surface area contributed by atoms with Gasteiger partial charge in [-0.15, -0.1) is 0 Å². The third kappa shape index (κ3) is 3.01. The molecular weight excluding hydrogens is 240 g/mol. The van der Waals surface area contributed by atoms with Crippen LogP contribution in [0.2, 0.25) is 0 Å². The standard InChI is InChI=1S/C13H24N6/c1-9-8-19(5-4-16-9)11-7-13(15,6-10-2-3-10)18-12(14)17-11/h7,9-10,16H,2-6,8,15H2,1H3,(H3,14,17,18)/t9-,13?/m0/s1. The van der Waals surface area contributed by atoms with Crippen molar-refractivity contribution >= 4 is 5.96 Å². The third-order valence-corrected chi connectivity index (χ3v) is 3.99. The lowest BCUT2D eigenvalue weighted by Gasteiger charge is -2.38. The smallest absolute Gasteiger partial charge is 0.196 e. The number of hydrogen-bond donors (Lipinski definition) is 4. The second kappa shape index (κ2) is 4.68. The summed E-state index contributed by atoms with van der Waals surface area (Å²) in [6.07, 6.45) is 5.51. The van der Waals surface area contributed by atoms with Crippen molar-refractivity contribution < 1.29 is 0 Å². The molecule has 2 aliphatic heterocycles. The summed E-state index contributed by atoms with van der Waals surface area (Å²) in [7, 11) is 0. The Bertz CT molecular complexity index is 413. The van der Waals surface area contributed by atoms with E-state index in [-0.39, 0.29) is 0 Å². The Morgan fingerprint density at radius 2 is 2.32 bits per heavy atom. The number of rotatable bonds is 3. The van der Waals surface area contributed by atoms with E-state index in [9.17, 15) is 0 Å². The monoisotopic (exact) mass is 264 g/mol. The van der Waals surface area contributed by atoms with Crippen LogP contribution >= 0.6 is 0 Å². The van der Waals surface area contributed by atoms with Crippen molar-refractivity contribution in [1.29, 1.82) is 0 Å². The van der Waals surface area contributed by atoms with Crippen LogP contribution in [0.1, 0.15) is 26.2 Å². The lowest BCUT2D eigenvalue weighted by atomic mass is 10.0. The molecule has 1 unspecified atom stereocenters. The first kappa shape index (κ1) is 12.7. The quantitative estimate of drug-likeness (QED) is 0.551. The largest absolute Gasteiger partial charge is 0.370 e. The van der Waals surface area contributed by atoms with Gasteiger partial charge in [0, 0.05) is 25.7 Å². The predicted octanol–water partition coefficient (Wildman–Crippen LogP) is -0.505. The lowest BCUT2D eigenvalue weighted by molar-refractivity contribution is 0.242. The summed E-state index contributed by atoms with van der Waals surface area (Å²) < 4.78 is 0. The molecule has 1 saturated carbocycles. The summed E-state index contributed by atoms with van der Waals surface area (Å²) in [5.74, 6) is 2.18. The fourth-order valence-electron chi connectivity index (χ4n) is 2.90. The highest BCUT2D eigenvalue weighted by molar-refractivity contribution is 5.81. The van der Waals surface area contributed by atoms with E-state index < -0.39 is 5.66 Å². The molecule has 0 radical (unpaired) electrons. The zero-order valence-corrected chi connectivity index (χ0v) is 11.5. The average Bonchev–Trinajstić information content (AvgIpc) is 3.11.